The third-order valence-corrected chi connectivity index (χ3v) is 7.71. The first-order valence-corrected chi connectivity index (χ1v) is 14.2. The van der Waals surface area contributed by atoms with Crippen LogP contribution in [0.3, 0.4) is 0 Å². The van der Waals surface area contributed by atoms with E-state index < -0.39 is 17.8 Å². The van der Waals surface area contributed by atoms with Crippen molar-refractivity contribution in [2.24, 2.45) is 0 Å². The lowest BCUT2D eigenvalue weighted by molar-refractivity contribution is -0.138. The normalized spacial score (nSPS) is 14.3. The van der Waals surface area contributed by atoms with Crippen molar-refractivity contribution in [3.8, 4) is 11.5 Å². The first-order valence-electron chi connectivity index (χ1n) is 13.4. The Hall–Kier alpha value is -3.52. The van der Waals surface area contributed by atoms with Crippen molar-refractivity contribution in [2.45, 2.75) is 26.2 Å². The van der Waals surface area contributed by atoms with Crippen molar-refractivity contribution in [2.75, 3.05) is 57.6 Å². The fourth-order valence-corrected chi connectivity index (χ4v) is 5.19. The molecule has 232 valence electrons. The zero-order chi connectivity index (χ0) is 31.1. The summed E-state index contributed by atoms with van der Waals surface area (Å²) in [4.78, 5) is 25.2. The van der Waals surface area contributed by atoms with E-state index in [1.807, 2.05) is 4.90 Å². The van der Waals surface area contributed by atoms with Crippen molar-refractivity contribution in [1.82, 2.24) is 25.1 Å². The van der Waals surface area contributed by atoms with Crippen LogP contribution in [0.25, 0.3) is 0 Å². The highest BCUT2D eigenvalue weighted by Crippen LogP contribution is 2.44. The maximum absolute atomic E-state index is 14.0. The fraction of sp³-hybridized carbons (Fsp3) is 0.393. The number of nitrogens with one attached hydrogen (secondary N) is 3. The van der Waals surface area contributed by atoms with Crippen molar-refractivity contribution in [1.29, 1.82) is 0 Å². The molecule has 0 aliphatic carbocycles. The number of alkyl halides is 3. The number of benzene rings is 2. The van der Waals surface area contributed by atoms with E-state index in [-0.39, 0.29) is 57.4 Å². The number of carbonyl (C=O) groups is 1. The maximum Gasteiger partial charge on any atom is 0.416 e. The minimum absolute atomic E-state index is 0.0303. The molecule has 1 aromatic heterocycles. The SMILES string of the molecule is CCN1CCN(Cc2ccc(Nc3cc(CNC(=O)Nc4c(Cl)c(OC)cc(OC)c4Cl)ncn3)cc2C(F)(F)F)CC1. The van der Waals surface area contributed by atoms with E-state index in [1.54, 1.807) is 6.07 Å². The van der Waals surface area contributed by atoms with E-state index in [2.05, 4.69) is 37.7 Å². The Morgan fingerprint density at radius 2 is 1.63 bits per heavy atom. The highest BCUT2D eigenvalue weighted by Gasteiger charge is 2.34. The quantitative estimate of drug-likeness (QED) is 0.247. The Morgan fingerprint density at radius 3 is 2.23 bits per heavy atom. The Labute approximate surface area is 257 Å². The summed E-state index contributed by atoms with van der Waals surface area (Å²) in [5.41, 5.74) is 0.227. The number of rotatable bonds is 10. The second-order valence-corrected chi connectivity index (χ2v) is 10.4. The van der Waals surface area contributed by atoms with Gasteiger partial charge in [-0.15, -0.1) is 0 Å². The van der Waals surface area contributed by atoms with Gasteiger partial charge in [0.15, 0.2) is 0 Å². The highest BCUT2D eigenvalue weighted by molar-refractivity contribution is 6.41. The Bertz CT molecular complexity index is 1410. The van der Waals surface area contributed by atoms with Gasteiger partial charge < -0.3 is 30.3 Å². The second kappa shape index (κ2) is 14.3. The third kappa shape index (κ3) is 8.31. The Morgan fingerprint density at radius 1 is 0.977 bits per heavy atom. The molecular weight excluding hydrogens is 610 g/mol. The number of urea groups is 1. The number of piperazine rings is 1. The molecule has 0 bridgehead atoms. The maximum atomic E-state index is 14.0. The molecule has 2 amide bonds. The van der Waals surface area contributed by atoms with Gasteiger partial charge in [0.05, 0.1) is 37.7 Å². The summed E-state index contributed by atoms with van der Waals surface area (Å²) in [5, 5.41) is 8.27. The van der Waals surface area contributed by atoms with Gasteiger partial charge in [-0.1, -0.05) is 36.2 Å². The molecule has 15 heteroatoms. The van der Waals surface area contributed by atoms with Gasteiger partial charge in [-0.3, -0.25) is 4.90 Å². The van der Waals surface area contributed by atoms with Gasteiger partial charge >= 0.3 is 12.2 Å². The molecule has 4 rings (SSSR count). The van der Waals surface area contributed by atoms with Gasteiger partial charge in [-0.2, -0.15) is 13.2 Å². The van der Waals surface area contributed by atoms with Crippen LogP contribution in [0.5, 0.6) is 11.5 Å². The molecule has 1 aliphatic heterocycles. The zero-order valence-electron chi connectivity index (χ0n) is 23.8. The number of aromatic nitrogens is 2. The molecule has 10 nitrogen and oxygen atoms in total. The van der Waals surface area contributed by atoms with Gasteiger partial charge in [0.2, 0.25) is 0 Å². The molecular formula is C28H32Cl2F3N7O3. The van der Waals surface area contributed by atoms with E-state index in [4.69, 9.17) is 32.7 Å². The second-order valence-electron chi connectivity index (χ2n) is 9.69. The van der Waals surface area contributed by atoms with Crippen molar-refractivity contribution in [3.05, 3.63) is 63.5 Å². The Balaban J connectivity index is 1.41. The van der Waals surface area contributed by atoms with Gasteiger partial charge in [0.25, 0.3) is 0 Å². The molecule has 1 fully saturated rings. The number of methoxy groups -OCH3 is 2. The van der Waals surface area contributed by atoms with Crippen LogP contribution in [0.2, 0.25) is 10.0 Å². The first kappa shape index (κ1) is 32.4. The molecule has 0 spiro atoms. The van der Waals surface area contributed by atoms with Crippen LogP contribution in [0.15, 0.2) is 36.7 Å². The summed E-state index contributed by atoms with van der Waals surface area (Å²) in [6.07, 6.45) is -3.28. The van der Waals surface area contributed by atoms with E-state index in [0.29, 0.717) is 18.8 Å². The molecule has 0 radical (unpaired) electrons. The zero-order valence-corrected chi connectivity index (χ0v) is 25.3. The van der Waals surface area contributed by atoms with Crippen LogP contribution in [-0.2, 0) is 19.3 Å². The average Bonchev–Trinajstić information content (AvgIpc) is 2.99. The predicted octanol–water partition coefficient (Wildman–Crippen LogP) is 6.02. The number of ether oxygens (including phenoxy) is 2. The number of nitrogens with zero attached hydrogens (tertiary/aromatic N) is 4. The summed E-state index contributed by atoms with van der Waals surface area (Å²) >= 11 is 12.6. The summed E-state index contributed by atoms with van der Waals surface area (Å²) in [6.45, 7) is 6.30. The van der Waals surface area contributed by atoms with Crippen molar-refractivity contribution < 1.29 is 27.4 Å². The third-order valence-electron chi connectivity index (χ3n) is 6.96. The predicted molar refractivity (Wildman–Crippen MR) is 160 cm³/mol. The number of amides is 2. The molecule has 0 unspecified atom stereocenters. The van der Waals surface area contributed by atoms with Crippen LogP contribution >= 0.6 is 23.2 Å². The summed E-state index contributed by atoms with van der Waals surface area (Å²) < 4.78 is 52.4. The highest BCUT2D eigenvalue weighted by atomic mass is 35.5. The fourth-order valence-electron chi connectivity index (χ4n) is 4.59. The lowest BCUT2D eigenvalue weighted by Gasteiger charge is -2.34. The lowest BCUT2D eigenvalue weighted by atomic mass is 10.0. The van der Waals surface area contributed by atoms with Gasteiger partial charge in [0.1, 0.15) is 33.7 Å². The minimum Gasteiger partial charge on any atom is -0.495 e. The van der Waals surface area contributed by atoms with E-state index in [0.717, 1.165) is 25.7 Å². The van der Waals surface area contributed by atoms with E-state index in [1.165, 1.54) is 38.7 Å². The summed E-state index contributed by atoms with van der Waals surface area (Å²) in [5.74, 6) is 0.759. The minimum atomic E-state index is -4.52. The first-order chi connectivity index (χ1) is 20.5. The van der Waals surface area contributed by atoms with Crippen LogP contribution in [0.1, 0.15) is 23.7 Å². The van der Waals surface area contributed by atoms with E-state index in [9.17, 15) is 18.0 Å². The molecule has 3 aromatic rings. The largest absolute Gasteiger partial charge is 0.495 e. The van der Waals surface area contributed by atoms with E-state index >= 15 is 0 Å². The van der Waals surface area contributed by atoms with Crippen molar-refractivity contribution >= 4 is 46.4 Å². The number of hydrogen-bond donors (Lipinski definition) is 3. The molecule has 2 aromatic carbocycles. The molecule has 1 saturated heterocycles. The number of halogens is 5. The summed E-state index contributed by atoms with van der Waals surface area (Å²) in [6, 6.07) is 6.53. The molecule has 0 atom stereocenters. The monoisotopic (exact) mass is 641 g/mol. The molecule has 3 N–H and O–H groups in total. The number of hydrogen-bond acceptors (Lipinski definition) is 8. The summed E-state index contributed by atoms with van der Waals surface area (Å²) in [7, 11) is 2.82. The molecule has 0 saturated carbocycles. The topological polar surface area (TPSA) is 104 Å². The van der Waals surface area contributed by atoms with Gasteiger partial charge in [0, 0.05) is 50.5 Å². The van der Waals surface area contributed by atoms with Crippen LogP contribution < -0.4 is 25.4 Å². The van der Waals surface area contributed by atoms with Crippen LogP contribution in [0.4, 0.5) is 35.2 Å². The van der Waals surface area contributed by atoms with Gasteiger partial charge in [-0.25, -0.2) is 14.8 Å². The number of likely N-dealkylation sites (N-methyl/N-ethyl adjacent to an activating group) is 1. The smallest absolute Gasteiger partial charge is 0.416 e. The standard InChI is InChI=1S/C28H32Cl2F3N7O3/c1-4-39-7-9-40(10-8-39)15-17-5-6-18(11-20(17)28(31,32)33)37-23-12-19(35-16-36-23)14-34-27(41)38-26-24(29)21(42-2)13-22(43-3)25(26)30/h5-6,11-13,16H,4,7-10,14-15H2,1-3H3,(H2,34,38,41)(H,35,36,37). The lowest BCUT2D eigenvalue weighted by Crippen LogP contribution is -2.45. The van der Waals surface area contributed by atoms with Crippen LogP contribution in [0, 0.1) is 0 Å². The molecule has 2 heterocycles. The number of carbonyl (C=O) groups excluding carboxylic acids is 1. The van der Waals surface area contributed by atoms with Gasteiger partial charge in [-0.05, 0) is 24.2 Å². The van der Waals surface area contributed by atoms with Crippen LogP contribution in [-0.4, -0.2) is 72.7 Å². The average molecular weight is 643 g/mol. The Kier molecular flexibility index (Phi) is 10.8. The molecule has 1 aliphatic rings. The number of anilines is 3. The molecule has 43 heavy (non-hydrogen) atoms. The van der Waals surface area contributed by atoms with Crippen molar-refractivity contribution in [3.63, 3.8) is 0 Å².